The van der Waals surface area contributed by atoms with Crippen LogP contribution in [0.15, 0.2) is 18.2 Å². The fraction of sp³-hybridized carbons (Fsp3) is 0.357. The Morgan fingerprint density at radius 2 is 1.89 bits per heavy atom. The van der Waals surface area contributed by atoms with Gasteiger partial charge in [0.25, 0.3) is 0 Å². The first-order valence-corrected chi connectivity index (χ1v) is 6.32. The van der Waals surface area contributed by atoms with E-state index in [1.54, 1.807) is 0 Å². The topological polar surface area (TPSA) is 62.3 Å². The zero-order valence-electron chi connectivity index (χ0n) is 11.1. The van der Waals surface area contributed by atoms with Crippen LogP contribution in [-0.2, 0) is 13.6 Å². The van der Waals surface area contributed by atoms with Gasteiger partial charge in [0.2, 0.25) is 0 Å². The second-order valence-electron chi connectivity index (χ2n) is 4.66. The number of benzene rings is 1. The van der Waals surface area contributed by atoms with E-state index in [1.807, 2.05) is 29.9 Å². The molecule has 1 aromatic carbocycles. The van der Waals surface area contributed by atoms with Gasteiger partial charge in [-0.25, -0.2) is 0 Å². The van der Waals surface area contributed by atoms with Gasteiger partial charge in [-0.1, -0.05) is 0 Å². The zero-order valence-corrected chi connectivity index (χ0v) is 11.1. The maximum absolute atomic E-state index is 5.64. The molecule has 2 aromatic rings. The van der Waals surface area contributed by atoms with E-state index in [1.165, 1.54) is 0 Å². The molecule has 2 heterocycles. The van der Waals surface area contributed by atoms with Crippen LogP contribution in [0, 0.1) is 6.92 Å². The molecule has 0 atom stereocenters. The Morgan fingerprint density at radius 3 is 2.53 bits per heavy atom. The number of fused-ring (bicyclic) bond motifs is 1. The third-order valence-corrected chi connectivity index (χ3v) is 3.30. The fourth-order valence-electron chi connectivity index (χ4n) is 2.34. The molecule has 0 unspecified atom stereocenters. The predicted octanol–water partition coefficient (Wildman–Crippen LogP) is 1.63. The normalized spacial score (nSPS) is 13.6. The SMILES string of the molecule is Cc1cc2c(cc1-c1cc(CN)nn1C)OCCO2. The van der Waals surface area contributed by atoms with E-state index in [-0.39, 0.29) is 0 Å². The van der Waals surface area contributed by atoms with E-state index < -0.39 is 0 Å². The van der Waals surface area contributed by atoms with Crippen LogP contribution >= 0.6 is 0 Å². The molecule has 5 heteroatoms. The molecule has 0 saturated carbocycles. The number of nitrogens with zero attached hydrogens (tertiary/aromatic N) is 2. The maximum atomic E-state index is 5.64. The predicted molar refractivity (Wildman–Crippen MR) is 72.3 cm³/mol. The standard InChI is InChI=1S/C14H17N3O2/c1-9-5-13-14(19-4-3-18-13)7-11(9)12-6-10(8-15)16-17(12)2/h5-7H,3-4,8,15H2,1-2H3. The van der Waals surface area contributed by atoms with E-state index >= 15 is 0 Å². The quantitative estimate of drug-likeness (QED) is 0.890. The van der Waals surface area contributed by atoms with Crippen LogP contribution in [0.4, 0.5) is 0 Å². The van der Waals surface area contributed by atoms with Crippen molar-refractivity contribution in [2.45, 2.75) is 13.5 Å². The van der Waals surface area contributed by atoms with Gasteiger partial charge < -0.3 is 15.2 Å². The zero-order chi connectivity index (χ0) is 13.4. The Hall–Kier alpha value is -2.01. The molecule has 1 aliphatic heterocycles. The average molecular weight is 259 g/mol. The summed E-state index contributed by atoms with van der Waals surface area (Å²) in [5.41, 5.74) is 9.79. The average Bonchev–Trinajstić information content (AvgIpc) is 2.79. The van der Waals surface area contributed by atoms with Crippen LogP contribution in [0.2, 0.25) is 0 Å². The number of rotatable bonds is 2. The van der Waals surface area contributed by atoms with Crippen molar-refractivity contribution in [3.63, 3.8) is 0 Å². The van der Waals surface area contributed by atoms with Gasteiger partial charge >= 0.3 is 0 Å². The van der Waals surface area contributed by atoms with Gasteiger partial charge in [-0.2, -0.15) is 5.10 Å². The van der Waals surface area contributed by atoms with Gasteiger partial charge in [0.05, 0.1) is 11.4 Å². The highest BCUT2D eigenvalue weighted by atomic mass is 16.6. The van der Waals surface area contributed by atoms with Gasteiger partial charge in [0, 0.05) is 19.2 Å². The molecule has 5 nitrogen and oxygen atoms in total. The number of aryl methyl sites for hydroxylation is 2. The maximum Gasteiger partial charge on any atom is 0.162 e. The van der Waals surface area contributed by atoms with Gasteiger partial charge in [-0.05, 0) is 30.7 Å². The van der Waals surface area contributed by atoms with Crippen LogP contribution < -0.4 is 15.2 Å². The van der Waals surface area contributed by atoms with E-state index in [2.05, 4.69) is 12.0 Å². The Bertz CT molecular complexity index is 619. The highest BCUT2D eigenvalue weighted by Crippen LogP contribution is 2.37. The first-order chi connectivity index (χ1) is 9.19. The lowest BCUT2D eigenvalue weighted by atomic mass is 10.0. The molecular formula is C14H17N3O2. The minimum atomic E-state index is 0.442. The van der Waals surface area contributed by atoms with Gasteiger partial charge in [0.1, 0.15) is 13.2 Å². The van der Waals surface area contributed by atoms with Crippen LogP contribution in [0.5, 0.6) is 11.5 Å². The summed E-state index contributed by atoms with van der Waals surface area (Å²) in [6, 6.07) is 6.04. The lowest BCUT2D eigenvalue weighted by Crippen LogP contribution is -2.15. The number of hydrogen-bond acceptors (Lipinski definition) is 4. The Kier molecular flexibility index (Phi) is 2.91. The molecule has 0 bridgehead atoms. The second-order valence-corrected chi connectivity index (χ2v) is 4.66. The van der Waals surface area contributed by atoms with Crippen molar-refractivity contribution in [1.82, 2.24) is 9.78 Å². The summed E-state index contributed by atoms with van der Waals surface area (Å²) in [6.45, 7) is 3.70. The number of nitrogens with two attached hydrogens (primary N) is 1. The molecule has 19 heavy (non-hydrogen) atoms. The lowest BCUT2D eigenvalue weighted by Gasteiger charge is -2.20. The smallest absolute Gasteiger partial charge is 0.162 e. The molecule has 0 amide bonds. The molecule has 1 aliphatic rings. The minimum absolute atomic E-state index is 0.442. The van der Waals surface area contributed by atoms with E-state index in [0.29, 0.717) is 19.8 Å². The molecule has 2 N–H and O–H groups in total. The van der Waals surface area contributed by atoms with Crippen LogP contribution in [-0.4, -0.2) is 23.0 Å². The van der Waals surface area contributed by atoms with Crippen LogP contribution in [0.1, 0.15) is 11.3 Å². The molecule has 0 fully saturated rings. The lowest BCUT2D eigenvalue weighted by molar-refractivity contribution is 0.171. The summed E-state index contributed by atoms with van der Waals surface area (Å²) in [6.07, 6.45) is 0. The summed E-state index contributed by atoms with van der Waals surface area (Å²) in [5, 5.41) is 4.38. The Morgan fingerprint density at radius 1 is 1.21 bits per heavy atom. The van der Waals surface area contributed by atoms with Gasteiger partial charge in [-0.3, -0.25) is 4.68 Å². The van der Waals surface area contributed by atoms with Gasteiger partial charge in [0.15, 0.2) is 11.5 Å². The summed E-state index contributed by atoms with van der Waals surface area (Å²) < 4.78 is 13.1. The summed E-state index contributed by atoms with van der Waals surface area (Å²) in [7, 11) is 1.92. The van der Waals surface area contributed by atoms with Crippen molar-refractivity contribution in [3.8, 4) is 22.8 Å². The summed E-state index contributed by atoms with van der Waals surface area (Å²) in [4.78, 5) is 0. The molecule has 0 spiro atoms. The van der Waals surface area contributed by atoms with Crippen molar-refractivity contribution < 1.29 is 9.47 Å². The third kappa shape index (κ3) is 2.06. The van der Waals surface area contributed by atoms with Crippen LogP contribution in [0.3, 0.4) is 0 Å². The molecule has 3 rings (SSSR count). The molecule has 0 radical (unpaired) electrons. The van der Waals surface area contributed by atoms with Crippen LogP contribution in [0.25, 0.3) is 11.3 Å². The molecular weight excluding hydrogens is 242 g/mol. The monoisotopic (exact) mass is 259 g/mol. The molecule has 1 aromatic heterocycles. The summed E-state index contributed by atoms with van der Waals surface area (Å²) >= 11 is 0. The summed E-state index contributed by atoms with van der Waals surface area (Å²) in [5.74, 6) is 1.61. The van der Waals surface area contributed by atoms with Gasteiger partial charge in [-0.15, -0.1) is 0 Å². The minimum Gasteiger partial charge on any atom is -0.486 e. The number of aromatic nitrogens is 2. The molecule has 0 aliphatic carbocycles. The number of hydrogen-bond donors (Lipinski definition) is 1. The van der Waals surface area contributed by atoms with E-state index in [9.17, 15) is 0 Å². The fourth-order valence-corrected chi connectivity index (χ4v) is 2.34. The van der Waals surface area contributed by atoms with Crippen molar-refractivity contribution >= 4 is 0 Å². The molecule has 100 valence electrons. The third-order valence-electron chi connectivity index (χ3n) is 3.30. The van der Waals surface area contributed by atoms with E-state index in [4.69, 9.17) is 15.2 Å². The first kappa shape index (κ1) is 12.0. The first-order valence-electron chi connectivity index (χ1n) is 6.32. The van der Waals surface area contributed by atoms with Crippen molar-refractivity contribution in [2.75, 3.05) is 13.2 Å². The highest BCUT2D eigenvalue weighted by molar-refractivity contribution is 5.69. The van der Waals surface area contributed by atoms with Crippen molar-refractivity contribution in [2.24, 2.45) is 12.8 Å². The van der Waals surface area contributed by atoms with E-state index in [0.717, 1.165) is 34.0 Å². The Balaban J connectivity index is 2.11. The second kappa shape index (κ2) is 4.59. The van der Waals surface area contributed by atoms with Crippen molar-refractivity contribution in [3.05, 3.63) is 29.5 Å². The Labute approximate surface area is 111 Å². The number of ether oxygens (including phenoxy) is 2. The largest absolute Gasteiger partial charge is 0.486 e. The highest BCUT2D eigenvalue weighted by Gasteiger charge is 2.17. The molecule has 0 saturated heterocycles. The van der Waals surface area contributed by atoms with Crippen molar-refractivity contribution in [1.29, 1.82) is 0 Å².